The molecular weight excluding hydrogens is 528 g/mol. The Morgan fingerprint density at radius 1 is 1.05 bits per heavy atom. The van der Waals surface area contributed by atoms with Crippen LogP contribution in [0.4, 0.5) is 5.13 Å². The third-order valence-corrected chi connectivity index (χ3v) is 8.36. The molecule has 0 spiro atoms. The predicted octanol–water partition coefficient (Wildman–Crippen LogP) is 5.88. The number of nitrogens with zero attached hydrogens (tertiary/aromatic N) is 2. The standard InChI is InChI=1S/C31H28N2O6S/c1-15-10-16(2)26-24(11-15)40-31(32-26)33-27(18-6-9-22(37-4)23(14-18)38-5)25(29(35)30(33)36)28(34)19-7-8-21-20(13-19)12-17(3)39-21/h6-11,13-14,17,27,34H,12H2,1-5H3/b28-25+/t17-,27-/m1/s1. The zero-order valence-corrected chi connectivity index (χ0v) is 23.6. The highest BCUT2D eigenvalue weighted by atomic mass is 32.1. The summed E-state index contributed by atoms with van der Waals surface area (Å²) < 4.78 is 17.7. The number of methoxy groups -OCH3 is 2. The van der Waals surface area contributed by atoms with E-state index >= 15 is 0 Å². The molecule has 4 aromatic rings. The fourth-order valence-electron chi connectivity index (χ4n) is 5.55. The molecular formula is C31H28N2O6S. The molecule has 3 heterocycles. The van der Waals surface area contributed by atoms with Crippen LogP contribution in [0.3, 0.4) is 0 Å². The number of hydrogen-bond acceptors (Lipinski definition) is 8. The number of anilines is 1. The van der Waals surface area contributed by atoms with Crippen LogP contribution in [0.2, 0.25) is 0 Å². The quantitative estimate of drug-likeness (QED) is 0.186. The van der Waals surface area contributed by atoms with E-state index in [0.717, 1.165) is 32.7 Å². The predicted molar refractivity (Wildman–Crippen MR) is 154 cm³/mol. The van der Waals surface area contributed by atoms with E-state index in [9.17, 15) is 14.7 Å². The maximum absolute atomic E-state index is 13.7. The maximum atomic E-state index is 13.7. The first-order valence-corrected chi connectivity index (χ1v) is 13.7. The number of benzene rings is 3. The van der Waals surface area contributed by atoms with Gasteiger partial charge in [0.2, 0.25) is 0 Å². The molecule has 0 aliphatic carbocycles. The van der Waals surface area contributed by atoms with Gasteiger partial charge >= 0.3 is 5.91 Å². The Hall–Kier alpha value is -4.37. The second kappa shape index (κ2) is 9.67. The molecule has 6 rings (SSSR count). The second-order valence-electron chi connectivity index (χ2n) is 10.2. The number of aliphatic hydroxyl groups is 1. The number of aromatic nitrogens is 1. The summed E-state index contributed by atoms with van der Waals surface area (Å²) in [6, 6.07) is 13.6. The third kappa shape index (κ3) is 4.08. The first-order chi connectivity index (χ1) is 19.2. The largest absolute Gasteiger partial charge is 0.507 e. The number of amides is 1. The number of Topliss-reactive ketones (excluding diaryl/α,β-unsaturated/α-hetero) is 1. The number of ketones is 1. The number of ether oxygens (including phenoxy) is 3. The van der Waals surface area contributed by atoms with Gasteiger partial charge in [0.1, 0.15) is 17.6 Å². The van der Waals surface area contributed by atoms with E-state index in [4.69, 9.17) is 19.2 Å². The second-order valence-corrected chi connectivity index (χ2v) is 11.2. The Morgan fingerprint density at radius 2 is 1.82 bits per heavy atom. The third-order valence-electron chi connectivity index (χ3n) is 7.36. The van der Waals surface area contributed by atoms with Crippen LogP contribution in [0, 0.1) is 13.8 Å². The molecule has 0 saturated carbocycles. The number of aliphatic hydroxyl groups excluding tert-OH is 1. The first kappa shape index (κ1) is 25.9. The smallest absolute Gasteiger partial charge is 0.301 e. The molecule has 204 valence electrons. The summed E-state index contributed by atoms with van der Waals surface area (Å²) in [4.78, 5) is 33.5. The average molecular weight is 557 g/mol. The normalized spacial score (nSPS) is 19.7. The molecule has 2 aliphatic rings. The van der Waals surface area contributed by atoms with Gasteiger partial charge in [-0.1, -0.05) is 23.5 Å². The fraction of sp³-hybridized carbons (Fsp3) is 0.258. The van der Waals surface area contributed by atoms with Gasteiger partial charge in [-0.2, -0.15) is 0 Å². The molecule has 0 unspecified atom stereocenters. The number of aryl methyl sites for hydroxylation is 2. The van der Waals surface area contributed by atoms with E-state index in [-0.39, 0.29) is 17.4 Å². The molecule has 9 heteroatoms. The highest BCUT2D eigenvalue weighted by Gasteiger charge is 2.48. The number of rotatable bonds is 5. The monoisotopic (exact) mass is 556 g/mol. The molecule has 3 aromatic carbocycles. The van der Waals surface area contributed by atoms with Gasteiger partial charge in [0, 0.05) is 12.0 Å². The van der Waals surface area contributed by atoms with Crippen LogP contribution >= 0.6 is 11.3 Å². The fourth-order valence-corrected chi connectivity index (χ4v) is 6.72. The Balaban J connectivity index is 1.57. The molecule has 0 bridgehead atoms. The number of carbonyl (C=O) groups excluding carboxylic acids is 2. The Morgan fingerprint density at radius 3 is 2.58 bits per heavy atom. The summed E-state index contributed by atoms with van der Waals surface area (Å²) in [7, 11) is 3.05. The summed E-state index contributed by atoms with van der Waals surface area (Å²) in [6.07, 6.45) is 0.713. The lowest BCUT2D eigenvalue weighted by molar-refractivity contribution is -0.132. The summed E-state index contributed by atoms with van der Waals surface area (Å²) in [5.41, 5.74) is 4.76. The van der Waals surface area contributed by atoms with Crippen molar-refractivity contribution in [2.45, 2.75) is 39.3 Å². The van der Waals surface area contributed by atoms with Crippen molar-refractivity contribution in [3.63, 3.8) is 0 Å². The number of hydrogen-bond donors (Lipinski definition) is 1. The molecule has 2 atom stereocenters. The minimum Gasteiger partial charge on any atom is -0.507 e. The molecule has 2 aliphatic heterocycles. The van der Waals surface area contributed by atoms with Gasteiger partial charge in [0.25, 0.3) is 5.78 Å². The zero-order valence-electron chi connectivity index (χ0n) is 22.8. The van der Waals surface area contributed by atoms with E-state index in [1.807, 2.05) is 39.0 Å². The molecule has 1 saturated heterocycles. The van der Waals surface area contributed by atoms with Crippen molar-refractivity contribution in [3.8, 4) is 17.2 Å². The summed E-state index contributed by atoms with van der Waals surface area (Å²) in [5, 5.41) is 12.0. The molecule has 1 N–H and O–H groups in total. The average Bonchev–Trinajstić information content (AvgIpc) is 3.60. The number of thiazole rings is 1. The van der Waals surface area contributed by atoms with Crippen molar-refractivity contribution in [2.75, 3.05) is 19.1 Å². The van der Waals surface area contributed by atoms with E-state index in [1.54, 1.807) is 30.3 Å². The van der Waals surface area contributed by atoms with E-state index in [1.165, 1.54) is 30.5 Å². The Kier molecular flexibility index (Phi) is 6.26. The van der Waals surface area contributed by atoms with Gasteiger partial charge in [-0.15, -0.1) is 0 Å². The highest BCUT2D eigenvalue weighted by molar-refractivity contribution is 7.22. The summed E-state index contributed by atoms with van der Waals surface area (Å²) in [6.45, 7) is 5.95. The Labute approximate surface area is 235 Å². The van der Waals surface area contributed by atoms with Crippen LogP contribution in [-0.4, -0.2) is 42.1 Å². The molecule has 1 amide bonds. The molecule has 40 heavy (non-hydrogen) atoms. The van der Waals surface area contributed by atoms with Crippen LogP contribution in [0.1, 0.15) is 40.8 Å². The van der Waals surface area contributed by atoms with E-state index < -0.39 is 17.7 Å². The number of carbonyl (C=O) groups is 2. The van der Waals surface area contributed by atoms with Crippen LogP contribution < -0.4 is 19.1 Å². The SMILES string of the molecule is COc1ccc([C@@H]2/C(=C(\O)c3ccc4c(c3)C[C@@H](C)O4)C(=O)C(=O)N2c2nc3c(C)cc(C)cc3s2)cc1OC. The van der Waals surface area contributed by atoms with Gasteiger partial charge in [-0.05, 0) is 79.4 Å². The topological polar surface area (TPSA) is 98.2 Å². The molecule has 1 fully saturated rings. The highest BCUT2D eigenvalue weighted by Crippen LogP contribution is 2.46. The maximum Gasteiger partial charge on any atom is 0.301 e. The molecule has 0 radical (unpaired) electrons. The van der Waals surface area contributed by atoms with Crippen LogP contribution in [0.5, 0.6) is 17.2 Å². The Bertz CT molecular complexity index is 1740. The summed E-state index contributed by atoms with van der Waals surface area (Å²) >= 11 is 1.34. The lowest BCUT2D eigenvalue weighted by atomic mass is 9.94. The minimum atomic E-state index is -0.940. The zero-order chi connectivity index (χ0) is 28.3. The van der Waals surface area contributed by atoms with Crippen molar-refractivity contribution in [2.24, 2.45) is 0 Å². The number of fused-ring (bicyclic) bond motifs is 2. The lowest BCUT2D eigenvalue weighted by Crippen LogP contribution is -2.29. The van der Waals surface area contributed by atoms with Crippen molar-refractivity contribution < 1.29 is 28.9 Å². The van der Waals surface area contributed by atoms with Crippen molar-refractivity contribution >= 4 is 44.1 Å². The van der Waals surface area contributed by atoms with Gasteiger partial charge in [-0.25, -0.2) is 4.98 Å². The van der Waals surface area contributed by atoms with Crippen LogP contribution in [0.25, 0.3) is 16.0 Å². The minimum absolute atomic E-state index is 0.0173. The lowest BCUT2D eigenvalue weighted by Gasteiger charge is -2.23. The van der Waals surface area contributed by atoms with E-state index in [2.05, 4.69) is 0 Å². The van der Waals surface area contributed by atoms with Crippen LogP contribution in [-0.2, 0) is 16.0 Å². The summed E-state index contributed by atoms with van der Waals surface area (Å²) in [5.74, 6) is -0.105. The van der Waals surface area contributed by atoms with Gasteiger partial charge in [0.05, 0.1) is 36.1 Å². The van der Waals surface area contributed by atoms with Crippen molar-refractivity contribution in [3.05, 3.63) is 81.9 Å². The van der Waals surface area contributed by atoms with Crippen molar-refractivity contribution in [1.82, 2.24) is 4.98 Å². The first-order valence-electron chi connectivity index (χ1n) is 12.9. The van der Waals surface area contributed by atoms with Crippen molar-refractivity contribution in [1.29, 1.82) is 0 Å². The van der Waals surface area contributed by atoms with Crippen LogP contribution in [0.15, 0.2) is 54.1 Å². The van der Waals surface area contributed by atoms with Gasteiger partial charge in [-0.3, -0.25) is 14.5 Å². The van der Waals surface area contributed by atoms with Gasteiger partial charge < -0.3 is 19.3 Å². The molecule has 1 aromatic heterocycles. The molecule has 8 nitrogen and oxygen atoms in total. The van der Waals surface area contributed by atoms with Gasteiger partial charge in [0.15, 0.2) is 16.6 Å². The van der Waals surface area contributed by atoms with E-state index in [0.29, 0.717) is 34.2 Å².